The monoisotopic (exact) mass is 251 g/mol. The van der Waals surface area contributed by atoms with Gasteiger partial charge in [-0.25, -0.2) is 0 Å². The van der Waals surface area contributed by atoms with Gasteiger partial charge in [-0.1, -0.05) is 6.07 Å². The van der Waals surface area contributed by atoms with Crippen LogP contribution in [0.5, 0.6) is 5.75 Å². The molecule has 0 bridgehead atoms. The predicted molar refractivity (Wildman–Crippen MR) is 70.9 cm³/mol. The predicted octanol–water partition coefficient (Wildman–Crippen LogP) is 1.83. The number of carbonyl (C=O) groups excluding carboxylic acids is 1. The fraction of sp³-hybridized carbons (Fsp3) is 0.500. The molecule has 1 unspecified atom stereocenters. The van der Waals surface area contributed by atoms with E-state index in [1.807, 2.05) is 32.0 Å². The molecular weight excluding hydrogens is 230 g/mol. The SMILES string of the molecule is COCC(=O)NC(C)COc1ccc(C)c(C)c1. The molecule has 0 heterocycles. The van der Waals surface area contributed by atoms with E-state index in [0.717, 1.165) is 5.75 Å². The Kier molecular flexibility index (Phi) is 5.65. The quantitative estimate of drug-likeness (QED) is 0.839. The van der Waals surface area contributed by atoms with Crippen LogP contribution in [0.25, 0.3) is 0 Å². The van der Waals surface area contributed by atoms with Gasteiger partial charge in [0.05, 0.1) is 6.04 Å². The first kappa shape index (κ1) is 14.5. The van der Waals surface area contributed by atoms with Crippen molar-refractivity contribution in [3.05, 3.63) is 29.3 Å². The van der Waals surface area contributed by atoms with Crippen molar-refractivity contribution in [1.82, 2.24) is 5.32 Å². The summed E-state index contributed by atoms with van der Waals surface area (Å²) < 4.78 is 10.4. The van der Waals surface area contributed by atoms with E-state index in [4.69, 9.17) is 9.47 Å². The average Bonchev–Trinajstić information content (AvgIpc) is 2.31. The van der Waals surface area contributed by atoms with Crippen molar-refractivity contribution in [2.75, 3.05) is 20.3 Å². The number of hydrogen-bond acceptors (Lipinski definition) is 3. The third-order valence-corrected chi connectivity index (χ3v) is 2.66. The fourth-order valence-corrected chi connectivity index (χ4v) is 1.51. The molecular formula is C14H21NO3. The highest BCUT2D eigenvalue weighted by Gasteiger charge is 2.07. The summed E-state index contributed by atoms with van der Waals surface area (Å²) >= 11 is 0. The number of rotatable bonds is 6. The molecule has 0 saturated heterocycles. The first-order valence-corrected chi connectivity index (χ1v) is 6.01. The second-order valence-corrected chi connectivity index (χ2v) is 4.46. The van der Waals surface area contributed by atoms with E-state index in [1.165, 1.54) is 18.2 Å². The van der Waals surface area contributed by atoms with E-state index in [9.17, 15) is 4.79 Å². The van der Waals surface area contributed by atoms with Crippen LogP contribution in [0.3, 0.4) is 0 Å². The number of amides is 1. The zero-order valence-electron chi connectivity index (χ0n) is 11.4. The second-order valence-electron chi connectivity index (χ2n) is 4.46. The van der Waals surface area contributed by atoms with Crippen LogP contribution in [0, 0.1) is 13.8 Å². The van der Waals surface area contributed by atoms with Crippen LogP contribution in [-0.4, -0.2) is 32.3 Å². The van der Waals surface area contributed by atoms with Gasteiger partial charge in [0, 0.05) is 7.11 Å². The highest BCUT2D eigenvalue weighted by atomic mass is 16.5. The maximum Gasteiger partial charge on any atom is 0.246 e. The number of aryl methyl sites for hydroxylation is 2. The van der Waals surface area contributed by atoms with Crippen LogP contribution in [0.15, 0.2) is 18.2 Å². The topological polar surface area (TPSA) is 47.6 Å². The van der Waals surface area contributed by atoms with Gasteiger partial charge in [0.1, 0.15) is 19.0 Å². The minimum Gasteiger partial charge on any atom is -0.491 e. The van der Waals surface area contributed by atoms with E-state index >= 15 is 0 Å². The van der Waals surface area contributed by atoms with Gasteiger partial charge >= 0.3 is 0 Å². The molecule has 1 aromatic rings. The summed E-state index contributed by atoms with van der Waals surface area (Å²) in [6, 6.07) is 5.92. The van der Waals surface area contributed by atoms with Crippen molar-refractivity contribution in [2.24, 2.45) is 0 Å². The van der Waals surface area contributed by atoms with Gasteiger partial charge < -0.3 is 14.8 Å². The number of carbonyl (C=O) groups is 1. The summed E-state index contributed by atoms with van der Waals surface area (Å²) in [5.74, 6) is 0.694. The first-order chi connectivity index (χ1) is 8.52. The molecule has 1 amide bonds. The Hall–Kier alpha value is -1.55. The Morgan fingerprint density at radius 1 is 1.33 bits per heavy atom. The lowest BCUT2D eigenvalue weighted by Gasteiger charge is -2.15. The van der Waals surface area contributed by atoms with Crippen LogP contribution in [0.1, 0.15) is 18.1 Å². The summed E-state index contributed by atoms with van der Waals surface area (Å²) in [5, 5.41) is 2.79. The van der Waals surface area contributed by atoms with Crippen LogP contribution in [-0.2, 0) is 9.53 Å². The summed E-state index contributed by atoms with van der Waals surface area (Å²) in [6.07, 6.45) is 0. The maximum atomic E-state index is 11.3. The lowest BCUT2D eigenvalue weighted by atomic mass is 10.1. The lowest BCUT2D eigenvalue weighted by Crippen LogP contribution is -2.38. The van der Waals surface area contributed by atoms with Crippen molar-refractivity contribution in [1.29, 1.82) is 0 Å². The van der Waals surface area contributed by atoms with Crippen LogP contribution in [0.2, 0.25) is 0 Å². The highest BCUT2D eigenvalue weighted by molar-refractivity contribution is 5.77. The molecule has 4 nitrogen and oxygen atoms in total. The molecule has 100 valence electrons. The largest absolute Gasteiger partial charge is 0.491 e. The molecule has 0 aliphatic heterocycles. The number of methoxy groups -OCH3 is 1. The van der Waals surface area contributed by atoms with Gasteiger partial charge in [0.25, 0.3) is 0 Å². The standard InChI is InChI=1S/C14H21NO3/c1-10-5-6-13(7-11(10)2)18-8-12(3)15-14(16)9-17-4/h5-7,12H,8-9H2,1-4H3,(H,15,16). The summed E-state index contributed by atoms with van der Waals surface area (Å²) in [5.41, 5.74) is 2.44. The van der Waals surface area contributed by atoms with Gasteiger partial charge in [0.2, 0.25) is 5.91 Å². The molecule has 0 spiro atoms. The number of hydrogen-bond donors (Lipinski definition) is 1. The van der Waals surface area contributed by atoms with Crippen LogP contribution in [0.4, 0.5) is 0 Å². The third kappa shape index (κ3) is 4.75. The molecule has 0 aliphatic rings. The fourth-order valence-electron chi connectivity index (χ4n) is 1.51. The zero-order chi connectivity index (χ0) is 13.5. The normalized spacial score (nSPS) is 12.0. The Morgan fingerprint density at radius 3 is 2.67 bits per heavy atom. The molecule has 0 aromatic heterocycles. The van der Waals surface area contributed by atoms with Gasteiger partial charge in [0.15, 0.2) is 0 Å². The molecule has 4 heteroatoms. The first-order valence-electron chi connectivity index (χ1n) is 6.01. The number of benzene rings is 1. The smallest absolute Gasteiger partial charge is 0.246 e. The zero-order valence-corrected chi connectivity index (χ0v) is 11.4. The molecule has 1 aromatic carbocycles. The Bertz CT molecular complexity index is 404. The molecule has 0 aliphatic carbocycles. The molecule has 0 saturated carbocycles. The van der Waals surface area contributed by atoms with E-state index in [1.54, 1.807) is 0 Å². The minimum atomic E-state index is -0.131. The van der Waals surface area contributed by atoms with E-state index in [-0.39, 0.29) is 18.6 Å². The molecule has 1 atom stereocenters. The van der Waals surface area contributed by atoms with Crippen molar-refractivity contribution in [3.8, 4) is 5.75 Å². The molecule has 18 heavy (non-hydrogen) atoms. The Labute approximate surface area is 108 Å². The number of nitrogens with one attached hydrogen (secondary N) is 1. The van der Waals surface area contributed by atoms with E-state index < -0.39 is 0 Å². The molecule has 1 rings (SSSR count). The van der Waals surface area contributed by atoms with Gasteiger partial charge in [-0.3, -0.25) is 4.79 Å². The molecule has 0 radical (unpaired) electrons. The highest BCUT2D eigenvalue weighted by Crippen LogP contribution is 2.16. The minimum absolute atomic E-state index is 0.0470. The van der Waals surface area contributed by atoms with Gasteiger partial charge in [-0.15, -0.1) is 0 Å². The Morgan fingerprint density at radius 2 is 2.06 bits per heavy atom. The van der Waals surface area contributed by atoms with Crippen LogP contribution < -0.4 is 10.1 Å². The van der Waals surface area contributed by atoms with Gasteiger partial charge in [-0.05, 0) is 44.0 Å². The maximum absolute atomic E-state index is 11.3. The van der Waals surface area contributed by atoms with Gasteiger partial charge in [-0.2, -0.15) is 0 Å². The van der Waals surface area contributed by atoms with E-state index in [0.29, 0.717) is 6.61 Å². The van der Waals surface area contributed by atoms with Crippen molar-refractivity contribution >= 4 is 5.91 Å². The lowest BCUT2D eigenvalue weighted by molar-refractivity contribution is -0.125. The van der Waals surface area contributed by atoms with Crippen LogP contribution >= 0.6 is 0 Å². The number of ether oxygens (including phenoxy) is 2. The van der Waals surface area contributed by atoms with Crippen molar-refractivity contribution < 1.29 is 14.3 Å². The average molecular weight is 251 g/mol. The Balaban J connectivity index is 2.40. The summed E-state index contributed by atoms with van der Waals surface area (Å²) in [6.45, 7) is 6.53. The summed E-state index contributed by atoms with van der Waals surface area (Å²) in [4.78, 5) is 11.3. The second kappa shape index (κ2) is 7.01. The third-order valence-electron chi connectivity index (χ3n) is 2.66. The van der Waals surface area contributed by atoms with E-state index in [2.05, 4.69) is 12.2 Å². The molecule has 0 fully saturated rings. The summed E-state index contributed by atoms with van der Waals surface area (Å²) in [7, 11) is 1.50. The van der Waals surface area contributed by atoms with Crippen molar-refractivity contribution in [2.45, 2.75) is 26.8 Å². The molecule has 1 N–H and O–H groups in total. The van der Waals surface area contributed by atoms with Crippen molar-refractivity contribution in [3.63, 3.8) is 0 Å².